The van der Waals surface area contributed by atoms with E-state index in [1.54, 1.807) is 0 Å². The lowest BCUT2D eigenvalue weighted by Crippen LogP contribution is -2.41. The summed E-state index contributed by atoms with van der Waals surface area (Å²) in [5.74, 6) is 1.35. The minimum Gasteiger partial charge on any atom is -0.392 e. The molecule has 100 valence electrons. The number of aliphatic hydroxyl groups is 1. The molecule has 0 radical (unpaired) electrons. The summed E-state index contributed by atoms with van der Waals surface area (Å²) < 4.78 is 6.01. The van der Waals surface area contributed by atoms with Crippen LogP contribution in [0.5, 0.6) is 0 Å². The third kappa shape index (κ3) is 3.62. The molecule has 0 amide bonds. The van der Waals surface area contributed by atoms with Gasteiger partial charge in [-0.15, -0.1) is 0 Å². The first kappa shape index (κ1) is 13.7. The fraction of sp³-hybridized carbons (Fsp3) is 1.00. The summed E-state index contributed by atoms with van der Waals surface area (Å²) in [4.78, 5) is 0. The number of hydrogen-bond acceptors (Lipinski definition) is 3. The van der Waals surface area contributed by atoms with Crippen LogP contribution in [-0.2, 0) is 4.74 Å². The summed E-state index contributed by atoms with van der Waals surface area (Å²) in [5, 5.41) is 10.9. The fourth-order valence-corrected chi connectivity index (χ4v) is 4.04. The van der Waals surface area contributed by atoms with Crippen molar-refractivity contribution in [3.8, 4) is 0 Å². The van der Waals surface area contributed by atoms with Crippen molar-refractivity contribution in [2.24, 2.45) is 5.92 Å². The predicted molar refractivity (Wildman–Crippen MR) is 73.5 cm³/mol. The van der Waals surface area contributed by atoms with Crippen molar-refractivity contribution in [2.75, 3.05) is 12.4 Å². The van der Waals surface area contributed by atoms with Crippen LogP contribution in [0.1, 0.15) is 52.4 Å². The number of thioether (sulfide) groups is 1. The van der Waals surface area contributed by atoms with Crippen LogP contribution in [0.15, 0.2) is 0 Å². The van der Waals surface area contributed by atoms with Crippen LogP contribution in [0, 0.1) is 5.92 Å². The summed E-state index contributed by atoms with van der Waals surface area (Å²) in [6.45, 7) is 5.24. The highest BCUT2D eigenvalue weighted by Gasteiger charge is 2.41. The predicted octanol–water partition coefficient (Wildman–Crippen LogP) is 3.23. The average molecular weight is 258 g/mol. The molecule has 2 unspecified atom stereocenters. The number of hydrogen-bond donors (Lipinski definition) is 1. The Morgan fingerprint density at radius 2 is 2.06 bits per heavy atom. The van der Waals surface area contributed by atoms with Gasteiger partial charge < -0.3 is 9.84 Å². The van der Waals surface area contributed by atoms with Gasteiger partial charge in [0, 0.05) is 12.4 Å². The van der Waals surface area contributed by atoms with E-state index < -0.39 is 0 Å². The van der Waals surface area contributed by atoms with Crippen molar-refractivity contribution < 1.29 is 9.84 Å². The van der Waals surface area contributed by atoms with Gasteiger partial charge in [-0.2, -0.15) is 11.8 Å². The average Bonchev–Trinajstić information content (AvgIpc) is 2.74. The van der Waals surface area contributed by atoms with Crippen molar-refractivity contribution in [3.63, 3.8) is 0 Å². The van der Waals surface area contributed by atoms with Crippen LogP contribution in [0.25, 0.3) is 0 Å². The van der Waals surface area contributed by atoms with E-state index >= 15 is 0 Å². The van der Waals surface area contributed by atoms with Gasteiger partial charge in [0.05, 0.1) is 11.7 Å². The number of rotatable bonds is 4. The van der Waals surface area contributed by atoms with Crippen LogP contribution in [0.3, 0.4) is 0 Å². The van der Waals surface area contributed by atoms with Gasteiger partial charge in [-0.05, 0) is 36.9 Å². The lowest BCUT2D eigenvalue weighted by molar-refractivity contribution is -0.109. The summed E-state index contributed by atoms with van der Waals surface area (Å²) in [5.41, 5.74) is 0.145. The molecule has 1 aliphatic heterocycles. The van der Waals surface area contributed by atoms with Gasteiger partial charge in [-0.1, -0.05) is 26.7 Å². The van der Waals surface area contributed by atoms with E-state index in [1.807, 2.05) is 11.8 Å². The number of ether oxygens (including phenoxy) is 1. The van der Waals surface area contributed by atoms with E-state index in [2.05, 4.69) is 13.8 Å². The van der Waals surface area contributed by atoms with E-state index in [0.29, 0.717) is 11.2 Å². The zero-order chi connectivity index (χ0) is 12.3. The lowest BCUT2D eigenvalue weighted by Gasteiger charge is -2.40. The maximum Gasteiger partial charge on any atom is 0.0686 e. The zero-order valence-electron chi connectivity index (χ0n) is 11.2. The molecular formula is C14H26O2S. The third-order valence-electron chi connectivity index (χ3n) is 4.19. The molecule has 2 aliphatic rings. The van der Waals surface area contributed by atoms with Crippen LogP contribution < -0.4 is 0 Å². The minimum absolute atomic E-state index is 0.135. The molecule has 1 N–H and O–H groups in total. The molecule has 0 aromatic rings. The van der Waals surface area contributed by atoms with Crippen molar-refractivity contribution in [1.82, 2.24) is 0 Å². The molecule has 1 saturated carbocycles. The lowest BCUT2D eigenvalue weighted by atomic mass is 9.82. The Balaban J connectivity index is 1.84. The van der Waals surface area contributed by atoms with Crippen LogP contribution in [0.2, 0.25) is 0 Å². The molecule has 1 aliphatic carbocycles. The van der Waals surface area contributed by atoms with Crippen molar-refractivity contribution in [3.05, 3.63) is 0 Å². The molecule has 2 rings (SSSR count). The quantitative estimate of drug-likeness (QED) is 0.839. The highest BCUT2D eigenvalue weighted by atomic mass is 32.2. The Morgan fingerprint density at radius 3 is 2.71 bits per heavy atom. The topological polar surface area (TPSA) is 29.5 Å². The number of aliphatic hydroxyl groups excluding tert-OH is 1. The second-order valence-electron chi connectivity index (χ2n) is 5.94. The van der Waals surface area contributed by atoms with Gasteiger partial charge in [-0.25, -0.2) is 0 Å². The first-order valence-corrected chi connectivity index (χ1v) is 8.10. The maximum atomic E-state index is 10.3. The Hall–Kier alpha value is 0.270. The largest absolute Gasteiger partial charge is 0.392 e. The van der Waals surface area contributed by atoms with Crippen LogP contribution in [-0.4, -0.2) is 34.4 Å². The van der Waals surface area contributed by atoms with Crippen molar-refractivity contribution >= 4 is 11.8 Å². The third-order valence-corrected chi connectivity index (χ3v) is 5.39. The molecule has 1 spiro atoms. The minimum atomic E-state index is -0.135. The Labute approximate surface area is 110 Å². The van der Waals surface area contributed by atoms with Crippen LogP contribution >= 0.6 is 11.8 Å². The molecular weight excluding hydrogens is 232 g/mol. The molecule has 1 saturated heterocycles. The molecule has 17 heavy (non-hydrogen) atoms. The SMILES string of the molecule is CC(C)SCC(O)C1CCOC2(CCCC2)C1. The first-order chi connectivity index (χ1) is 8.11. The summed E-state index contributed by atoms with van der Waals surface area (Å²) in [6, 6.07) is 0. The Bertz CT molecular complexity index is 236. The molecule has 0 aromatic carbocycles. The highest BCUT2D eigenvalue weighted by molar-refractivity contribution is 7.99. The normalized spacial score (nSPS) is 30.0. The molecule has 0 aromatic heterocycles. The summed E-state index contributed by atoms with van der Waals surface area (Å²) in [6.07, 6.45) is 7.05. The van der Waals surface area contributed by atoms with E-state index in [4.69, 9.17) is 4.74 Å². The second kappa shape index (κ2) is 5.94. The van der Waals surface area contributed by atoms with Gasteiger partial charge >= 0.3 is 0 Å². The zero-order valence-corrected chi connectivity index (χ0v) is 12.0. The van der Waals surface area contributed by atoms with Crippen LogP contribution in [0.4, 0.5) is 0 Å². The molecule has 1 heterocycles. The van der Waals surface area contributed by atoms with E-state index in [9.17, 15) is 5.11 Å². The summed E-state index contributed by atoms with van der Waals surface area (Å²) in [7, 11) is 0. The van der Waals surface area contributed by atoms with Crippen molar-refractivity contribution in [2.45, 2.75) is 69.3 Å². The molecule has 2 fully saturated rings. The monoisotopic (exact) mass is 258 g/mol. The second-order valence-corrected chi connectivity index (χ2v) is 7.55. The van der Waals surface area contributed by atoms with Gasteiger partial charge in [0.15, 0.2) is 0 Å². The van der Waals surface area contributed by atoms with Crippen molar-refractivity contribution in [1.29, 1.82) is 0 Å². The van der Waals surface area contributed by atoms with E-state index in [-0.39, 0.29) is 11.7 Å². The molecule has 3 heteroatoms. The fourth-order valence-electron chi connectivity index (χ4n) is 3.19. The highest BCUT2D eigenvalue weighted by Crippen LogP contribution is 2.43. The summed E-state index contributed by atoms with van der Waals surface area (Å²) >= 11 is 1.87. The molecule has 0 bridgehead atoms. The van der Waals surface area contributed by atoms with Gasteiger partial charge in [-0.3, -0.25) is 0 Å². The van der Waals surface area contributed by atoms with E-state index in [0.717, 1.165) is 25.2 Å². The standard InChI is InChI=1S/C14H26O2S/c1-11(2)17-10-13(15)12-5-8-16-14(9-12)6-3-4-7-14/h11-13,15H,3-10H2,1-2H3. The Morgan fingerprint density at radius 1 is 1.35 bits per heavy atom. The van der Waals surface area contributed by atoms with Gasteiger partial charge in [0.1, 0.15) is 0 Å². The Kier molecular flexibility index (Phi) is 4.79. The smallest absolute Gasteiger partial charge is 0.0686 e. The first-order valence-electron chi connectivity index (χ1n) is 7.05. The molecule has 2 atom stereocenters. The van der Waals surface area contributed by atoms with E-state index in [1.165, 1.54) is 25.7 Å². The van der Waals surface area contributed by atoms with Gasteiger partial charge in [0.25, 0.3) is 0 Å². The maximum absolute atomic E-state index is 10.3. The molecule has 2 nitrogen and oxygen atoms in total. The van der Waals surface area contributed by atoms with Gasteiger partial charge in [0.2, 0.25) is 0 Å².